The molecule has 0 radical (unpaired) electrons. The largest absolute Gasteiger partial charge is 0.480 e. The first kappa shape index (κ1) is 16.8. The second-order valence-corrected chi connectivity index (χ2v) is 4.85. The SMILES string of the molecule is C[C@H](Oc1ccccc1-c1ccc(F)c(C(F)(F)F)c1)C(N)=O. The van der Waals surface area contributed by atoms with E-state index in [4.69, 9.17) is 10.5 Å². The van der Waals surface area contributed by atoms with Crippen LogP contribution in [0.3, 0.4) is 0 Å². The Morgan fingerprint density at radius 2 is 1.83 bits per heavy atom. The molecule has 0 saturated carbocycles. The number of rotatable bonds is 4. The van der Waals surface area contributed by atoms with Gasteiger partial charge >= 0.3 is 6.18 Å². The van der Waals surface area contributed by atoms with E-state index in [2.05, 4.69) is 0 Å². The molecule has 0 fully saturated rings. The number of nitrogens with two attached hydrogens (primary N) is 1. The first-order valence-electron chi connectivity index (χ1n) is 6.62. The van der Waals surface area contributed by atoms with E-state index in [0.29, 0.717) is 11.6 Å². The van der Waals surface area contributed by atoms with Crippen molar-refractivity contribution >= 4 is 5.91 Å². The van der Waals surface area contributed by atoms with Crippen LogP contribution in [0, 0.1) is 5.82 Å². The van der Waals surface area contributed by atoms with Crippen molar-refractivity contribution in [2.45, 2.75) is 19.2 Å². The van der Waals surface area contributed by atoms with Crippen LogP contribution in [-0.4, -0.2) is 12.0 Å². The van der Waals surface area contributed by atoms with Gasteiger partial charge in [0.25, 0.3) is 5.91 Å². The number of hydrogen-bond acceptors (Lipinski definition) is 2. The van der Waals surface area contributed by atoms with Gasteiger partial charge in [-0.15, -0.1) is 0 Å². The smallest absolute Gasteiger partial charge is 0.419 e. The molecule has 7 heteroatoms. The van der Waals surface area contributed by atoms with Crippen LogP contribution in [0.2, 0.25) is 0 Å². The first-order valence-corrected chi connectivity index (χ1v) is 6.62. The molecule has 0 aliphatic rings. The number of benzene rings is 2. The fourth-order valence-electron chi connectivity index (χ4n) is 1.97. The van der Waals surface area contributed by atoms with Crippen molar-refractivity contribution in [3.8, 4) is 16.9 Å². The van der Waals surface area contributed by atoms with Crippen LogP contribution >= 0.6 is 0 Å². The van der Waals surface area contributed by atoms with E-state index in [0.717, 1.165) is 6.07 Å². The molecule has 0 aliphatic heterocycles. The minimum absolute atomic E-state index is 0.117. The van der Waals surface area contributed by atoms with Crippen LogP contribution in [0.25, 0.3) is 11.1 Å². The van der Waals surface area contributed by atoms with Gasteiger partial charge in [-0.05, 0) is 30.7 Å². The number of halogens is 4. The zero-order valence-electron chi connectivity index (χ0n) is 12.0. The topological polar surface area (TPSA) is 52.3 Å². The third-order valence-corrected chi connectivity index (χ3v) is 3.17. The average Bonchev–Trinajstić information content (AvgIpc) is 2.47. The molecule has 2 aromatic rings. The summed E-state index contributed by atoms with van der Waals surface area (Å²) in [6.45, 7) is 1.42. The Kier molecular flexibility index (Phi) is 4.58. The average molecular weight is 327 g/mol. The zero-order chi connectivity index (χ0) is 17.2. The van der Waals surface area contributed by atoms with E-state index in [9.17, 15) is 22.4 Å². The van der Waals surface area contributed by atoms with Crippen molar-refractivity contribution in [2.75, 3.05) is 0 Å². The summed E-state index contributed by atoms with van der Waals surface area (Å²) in [5.74, 6) is -1.89. The summed E-state index contributed by atoms with van der Waals surface area (Å²) in [5.41, 5.74) is 4.16. The van der Waals surface area contributed by atoms with Gasteiger partial charge in [-0.1, -0.05) is 24.3 Å². The van der Waals surface area contributed by atoms with Crippen molar-refractivity contribution in [2.24, 2.45) is 5.73 Å². The number of ether oxygens (including phenoxy) is 1. The molecule has 2 rings (SSSR count). The standard InChI is InChI=1S/C16H13F4NO2/c1-9(15(21)22)23-14-5-3-2-4-11(14)10-6-7-13(17)12(8-10)16(18,19)20/h2-9H,1H3,(H2,21,22)/t9-/m0/s1. The summed E-state index contributed by atoms with van der Waals surface area (Å²) < 4.78 is 57.2. The van der Waals surface area contributed by atoms with Crippen molar-refractivity contribution in [1.82, 2.24) is 0 Å². The molecule has 122 valence electrons. The molecule has 0 saturated heterocycles. The van der Waals surface area contributed by atoms with Crippen molar-refractivity contribution in [3.63, 3.8) is 0 Å². The molecule has 1 atom stereocenters. The van der Waals surface area contributed by atoms with Gasteiger partial charge in [0.05, 0.1) is 5.56 Å². The summed E-state index contributed by atoms with van der Waals surface area (Å²) >= 11 is 0. The highest BCUT2D eigenvalue weighted by molar-refractivity contribution is 5.79. The monoisotopic (exact) mass is 327 g/mol. The van der Waals surface area contributed by atoms with Crippen LogP contribution in [0.1, 0.15) is 12.5 Å². The lowest BCUT2D eigenvalue weighted by molar-refractivity contribution is -0.140. The Morgan fingerprint density at radius 1 is 1.17 bits per heavy atom. The molecule has 2 N–H and O–H groups in total. The number of amides is 1. The van der Waals surface area contributed by atoms with Crippen molar-refractivity contribution in [1.29, 1.82) is 0 Å². The Bertz CT molecular complexity index is 728. The molecule has 23 heavy (non-hydrogen) atoms. The molecule has 0 unspecified atom stereocenters. The third kappa shape index (κ3) is 3.80. The van der Waals surface area contributed by atoms with Gasteiger partial charge in [0.1, 0.15) is 11.6 Å². The highest BCUT2D eigenvalue weighted by Crippen LogP contribution is 2.37. The highest BCUT2D eigenvalue weighted by Gasteiger charge is 2.34. The molecule has 0 heterocycles. The van der Waals surface area contributed by atoms with Gasteiger partial charge in [0.15, 0.2) is 6.10 Å². The fourth-order valence-corrected chi connectivity index (χ4v) is 1.97. The van der Waals surface area contributed by atoms with E-state index in [-0.39, 0.29) is 11.3 Å². The van der Waals surface area contributed by atoms with E-state index < -0.39 is 29.6 Å². The number of carbonyl (C=O) groups is 1. The van der Waals surface area contributed by atoms with Gasteiger partial charge in [0, 0.05) is 5.56 Å². The Labute approximate surface area is 129 Å². The zero-order valence-corrected chi connectivity index (χ0v) is 12.0. The lowest BCUT2D eigenvalue weighted by Gasteiger charge is -2.16. The van der Waals surface area contributed by atoms with E-state index in [1.54, 1.807) is 12.1 Å². The van der Waals surface area contributed by atoms with Crippen molar-refractivity contribution < 1.29 is 27.1 Å². The molecule has 2 aromatic carbocycles. The number of alkyl halides is 3. The van der Waals surface area contributed by atoms with Gasteiger partial charge < -0.3 is 10.5 Å². The number of para-hydroxylation sites is 1. The molecule has 0 aromatic heterocycles. The lowest BCUT2D eigenvalue weighted by Crippen LogP contribution is -2.30. The maximum atomic E-state index is 13.4. The van der Waals surface area contributed by atoms with E-state index in [1.807, 2.05) is 0 Å². The predicted molar refractivity (Wildman–Crippen MR) is 76.1 cm³/mol. The van der Waals surface area contributed by atoms with Crippen molar-refractivity contribution in [3.05, 3.63) is 53.8 Å². The number of carbonyl (C=O) groups excluding carboxylic acids is 1. The molecule has 3 nitrogen and oxygen atoms in total. The molecule has 0 spiro atoms. The Balaban J connectivity index is 2.49. The number of primary amides is 1. The quantitative estimate of drug-likeness (QED) is 0.869. The summed E-state index contributed by atoms with van der Waals surface area (Å²) in [5, 5.41) is 0. The minimum atomic E-state index is -4.81. The van der Waals surface area contributed by atoms with E-state index >= 15 is 0 Å². The van der Waals surface area contributed by atoms with E-state index in [1.165, 1.54) is 25.1 Å². The summed E-state index contributed by atoms with van der Waals surface area (Å²) in [7, 11) is 0. The second kappa shape index (κ2) is 6.28. The van der Waals surface area contributed by atoms with Crippen LogP contribution in [0.4, 0.5) is 17.6 Å². The van der Waals surface area contributed by atoms with Gasteiger partial charge in [0.2, 0.25) is 0 Å². The Morgan fingerprint density at radius 3 is 2.43 bits per heavy atom. The maximum absolute atomic E-state index is 13.4. The Hall–Kier alpha value is -2.57. The second-order valence-electron chi connectivity index (χ2n) is 4.85. The predicted octanol–water partition coefficient (Wildman–Crippen LogP) is 3.76. The highest BCUT2D eigenvalue weighted by atomic mass is 19.4. The normalized spacial score (nSPS) is 12.7. The maximum Gasteiger partial charge on any atom is 0.419 e. The molecular formula is C16H13F4NO2. The summed E-state index contributed by atoms with van der Waals surface area (Å²) in [6, 6.07) is 8.84. The minimum Gasteiger partial charge on any atom is -0.480 e. The lowest BCUT2D eigenvalue weighted by atomic mass is 10.0. The third-order valence-electron chi connectivity index (χ3n) is 3.17. The fraction of sp³-hybridized carbons (Fsp3) is 0.188. The van der Waals surface area contributed by atoms with Crippen LogP contribution < -0.4 is 10.5 Å². The molecule has 0 bridgehead atoms. The van der Waals surface area contributed by atoms with Crippen LogP contribution in [-0.2, 0) is 11.0 Å². The van der Waals surface area contributed by atoms with Gasteiger partial charge in [-0.2, -0.15) is 13.2 Å². The molecular weight excluding hydrogens is 314 g/mol. The summed E-state index contributed by atoms with van der Waals surface area (Å²) in [6.07, 6.45) is -5.77. The van der Waals surface area contributed by atoms with Crippen LogP contribution in [0.5, 0.6) is 5.75 Å². The molecule has 0 aliphatic carbocycles. The first-order chi connectivity index (χ1) is 10.7. The molecule has 1 amide bonds. The van der Waals surface area contributed by atoms with Gasteiger partial charge in [-0.3, -0.25) is 4.79 Å². The van der Waals surface area contributed by atoms with Crippen LogP contribution in [0.15, 0.2) is 42.5 Å². The summed E-state index contributed by atoms with van der Waals surface area (Å²) in [4.78, 5) is 11.1. The number of hydrogen-bond donors (Lipinski definition) is 1. The van der Waals surface area contributed by atoms with Gasteiger partial charge in [-0.25, -0.2) is 4.39 Å².